The minimum Gasteiger partial charge on any atom is -0.367 e. The third-order valence-corrected chi connectivity index (χ3v) is 6.15. The molecule has 162 valence electrons. The molecule has 1 amide bonds. The number of aryl methyl sites for hydroxylation is 2. The van der Waals surface area contributed by atoms with Crippen LogP contribution in [0.1, 0.15) is 43.0 Å². The number of hydrogen-bond acceptors (Lipinski definition) is 4. The van der Waals surface area contributed by atoms with Gasteiger partial charge in [-0.05, 0) is 50.2 Å². The number of nitrogens with zero attached hydrogens (tertiary/aromatic N) is 4. The molecule has 30 heavy (non-hydrogen) atoms. The Bertz CT molecular complexity index is 875. The SMILES string of the molecule is Cc1cc2n(n1)[C@@H](C(F)(F)F)C[C@@H](C1CCN(C(=O)CCc3cccnc3)CC1)N2. The van der Waals surface area contributed by atoms with Crippen molar-refractivity contribution in [2.45, 2.75) is 57.3 Å². The summed E-state index contributed by atoms with van der Waals surface area (Å²) in [5.74, 6) is 0.623. The lowest BCUT2D eigenvalue weighted by molar-refractivity contribution is -0.174. The highest BCUT2D eigenvalue weighted by Crippen LogP contribution is 2.42. The van der Waals surface area contributed by atoms with Gasteiger partial charge in [0.05, 0.1) is 5.69 Å². The molecule has 0 radical (unpaired) electrons. The second-order valence-corrected chi connectivity index (χ2v) is 8.24. The molecule has 1 fully saturated rings. The molecule has 1 N–H and O–H groups in total. The Balaban J connectivity index is 1.34. The van der Waals surface area contributed by atoms with E-state index in [9.17, 15) is 18.0 Å². The molecule has 4 heterocycles. The number of piperidine rings is 1. The number of pyridine rings is 1. The first-order valence-electron chi connectivity index (χ1n) is 10.4. The third-order valence-electron chi connectivity index (χ3n) is 6.15. The Morgan fingerprint density at radius 3 is 2.73 bits per heavy atom. The predicted molar refractivity (Wildman–Crippen MR) is 106 cm³/mol. The van der Waals surface area contributed by atoms with Gasteiger partial charge in [0.25, 0.3) is 0 Å². The van der Waals surface area contributed by atoms with Crippen molar-refractivity contribution < 1.29 is 18.0 Å². The van der Waals surface area contributed by atoms with Crippen molar-refractivity contribution in [2.75, 3.05) is 18.4 Å². The number of halogens is 3. The molecule has 2 aromatic heterocycles. The molecule has 6 nitrogen and oxygen atoms in total. The highest BCUT2D eigenvalue weighted by atomic mass is 19.4. The predicted octanol–water partition coefficient (Wildman–Crippen LogP) is 3.75. The van der Waals surface area contributed by atoms with E-state index in [1.165, 1.54) is 0 Å². The second kappa shape index (κ2) is 8.28. The summed E-state index contributed by atoms with van der Waals surface area (Å²) < 4.78 is 41.9. The average molecular weight is 421 g/mol. The van der Waals surface area contributed by atoms with E-state index in [4.69, 9.17) is 0 Å². The van der Waals surface area contributed by atoms with E-state index in [1.54, 1.807) is 25.4 Å². The lowest BCUT2D eigenvalue weighted by Crippen LogP contribution is -2.47. The minimum absolute atomic E-state index is 0.0305. The van der Waals surface area contributed by atoms with Crippen LogP contribution in [0, 0.1) is 12.8 Å². The van der Waals surface area contributed by atoms with E-state index in [-0.39, 0.29) is 24.3 Å². The highest BCUT2D eigenvalue weighted by molar-refractivity contribution is 5.76. The normalized spacial score (nSPS) is 22.5. The summed E-state index contributed by atoms with van der Waals surface area (Å²) in [4.78, 5) is 18.4. The monoisotopic (exact) mass is 421 g/mol. The van der Waals surface area contributed by atoms with Crippen LogP contribution in [0.2, 0.25) is 0 Å². The van der Waals surface area contributed by atoms with Gasteiger partial charge in [-0.1, -0.05) is 6.07 Å². The maximum Gasteiger partial charge on any atom is 0.410 e. The highest BCUT2D eigenvalue weighted by Gasteiger charge is 2.47. The van der Waals surface area contributed by atoms with Crippen LogP contribution in [-0.4, -0.2) is 50.9 Å². The Kier molecular flexibility index (Phi) is 5.71. The van der Waals surface area contributed by atoms with Crippen molar-refractivity contribution in [1.29, 1.82) is 0 Å². The Morgan fingerprint density at radius 2 is 2.07 bits per heavy atom. The van der Waals surface area contributed by atoms with Crippen molar-refractivity contribution in [3.63, 3.8) is 0 Å². The first-order valence-corrected chi connectivity index (χ1v) is 10.4. The smallest absolute Gasteiger partial charge is 0.367 e. The number of anilines is 1. The van der Waals surface area contributed by atoms with Crippen LogP contribution in [0.3, 0.4) is 0 Å². The number of likely N-dealkylation sites (tertiary alicyclic amines) is 1. The summed E-state index contributed by atoms with van der Waals surface area (Å²) in [6, 6.07) is 3.59. The van der Waals surface area contributed by atoms with Crippen molar-refractivity contribution in [2.24, 2.45) is 5.92 Å². The van der Waals surface area contributed by atoms with E-state index in [2.05, 4.69) is 15.4 Å². The zero-order chi connectivity index (χ0) is 21.3. The van der Waals surface area contributed by atoms with Gasteiger partial charge in [0.1, 0.15) is 5.82 Å². The fourth-order valence-corrected chi connectivity index (χ4v) is 4.54. The third kappa shape index (κ3) is 4.44. The molecule has 4 rings (SSSR count). The number of aromatic nitrogens is 3. The van der Waals surface area contributed by atoms with E-state index >= 15 is 0 Å². The maximum absolute atomic E-state index is 13.6. The first-order chi connectivity index (χ1) is 14.3. The number of nitrogens with one attached hydrogen (secondary N) is 1. The van der Waals surface area contributed by atoms with Gasteiger partial charge in [-0.15, -0.1) is 0 Å². The Morgan fingerprint density at radius 1 is 1.30 bits per heavy atom. The summed E-state index contributed by atoms with van der Waals surface area (Å²) in [6.45, 7) is 2.87. The molecule has 2 aliphatic heterocycles. The van der Waals surface area contributed by atoms with Gasteiger partial charge in [-0.2, -0.15) is 18.3 Å². The molecule has 0 bridgehead atoms. The number of fused-ring (bicyclic) bond motifs is 1. The number of hydrogen-bond donors (Lipinski definition) is 1. The Labute approximate surface area is 173 Å². The molecular formula is C21H26F3N5O. The molecule has 0 unspecified atom stereocenters. The molecule has 0 spiro atoms. The number of amides is 1. The van der Waals surface area contributed by atoms with E-state index < -0.39 is 12.2 Å². The van der Waals surface area contributed by atoms with Gasteiger partial charge in [-0.25, -0.2) is 4.68 Å². The zero-order valence-electron chi connectivity index (χ0n) is 16.9. The van der Waals surface area contributed by atoms with Gasteiger partial charge in [0.2, 0.25) is 5.91 Å². The summed E-state index contributed by atoms with van der Waals surface area (Å²) in [6.07, 6.45) is 1.57. The largest absolute Gasteiger partial charge is 0.410 e. The van der Waals surface area contributed by atoms with Crippen LogP contribution < -0.4 is 5.32 Å². The van der Waals surface area contributed by atoms with Gasteiger partial charge in [-0.3, -0.25) is 9.78 Å². The average Bonchev–Trinajstić information content (AvgIpc) is 3.11. The number of carbonyl (C=O) groups excluding carboxylic acids is 1. The van der Waals surface area contributed by atoms with E-state index in [0.717, 1.165) is 10.2 Å². The lowest BCUT2D eigenvalue weighted by atomic mass is 9.84. The molecule has 9 heteroatoms. The second-order valence-electron chi connectivity index (χ2n) is 8.24. The topological polar surface area (TPSA) is 63.1 Å². The zero-order valence-corrected chi connectivity index (χ0v) is 16.9. The van der Waals surface area contributed by atoms with Crippen LogP contribution in [-0.2, 0) is 11.2 Å². The van der Waals surface area contributed by atoms with Gasteiger partial charge >= 0.3 is 6.18 Å². The summed E-state index contributed by atoms with van der Waals surface area (Å²) >= 11 is 0. The van der Waals surface area contributed by atoms with Crippen molar-refractivity contribution in [1.82, 2.24) is 19.7 Å². The number of carbonyl (C=O) groups is 1. The fraction of sp³-hybridized carbons (Fsp3) is 0.571. The first kappa shape index (κ1) is 20.7. The van der Waals surface area contributed by atoms with E-state index in [0.29, 0.717) is 50.3 Å². The van der Waals surface area contributed by atoms with Crippen LogP contribution in [0.25, 0.3) is 0 Å². The van der Waals surface area contributed by atoms with Crippen LogP contribution in [0.15, 0.2) is 30.6 Å². The number of alkyl halides is 3. The molecule has 2 atom stereocenters. The van der Waals surface area contributed by atoms with Gasteiger partial charge in [0.15, 0.2) is 6.04 Å². The van der Waals surface area contributed by atoms with E-state index in [1.807, 2.05) is 17.0 Å². The summed E-state index contributed by atoms with van der Waals surface area (Å²) in [5, 5.41) is 7.31. The standard InChI is InChI=1S/C21H26F3N5O/c1-14-11-19-26-17(12-18(21(22,23)24)29(19)27-14)16-6-9-28(10-7-16)20(30)5-4-15-3-2-8-25-13-15/h2-3,8,11,13,16-18,26H,4-7,9-10,12H2,1H3/t17-,18+/m0/s1. The molecule has 2 aliphatic rings. The molecule has 0 aliphatic carbocycles. The van der Waals surface area contributed by atoms with Crippen molar-refractivity contribution in [3.05, 3.63) is 41.9 Å². The summed E-state index contributed by atoms with van der Waals surface area (Å²) in [7, 11) is 0. The number of rotatable bonds is 4. The van der Waals surface area contributed by atoms with Gasteiger partial charge in [0, 0.05) is 44.0 Å². The van der Waals surface area contributed by atoms with Crippen LogP contribution >= 0.6 is 0 Å². The molecule has 1 saturated heterocycles. The van der Waals surface area contributed by atoms with Gasteiger partial charge < -0.3 is 10.2 Å². The van der Waals surface area contributed by atoms with Crippen LogP contribution in [0.4, 0.5) is 19.0 Å². The summed E-state index contributed by atoms with van der Waals surface area (Å²) in [5.41, 5.74) is 1.60. The molecule has 0 saturated carbocycles. The van der Waals surface area contributed by atoms with Crippen LogP contribution in [0.5, 0.6) is 0 Å². The minimum atomic E-state index is -4.34. The van der Waals surface area contributed by atoms with Crippen molar-refractivity contribution in [3.8, 4) is 0 Å². The molecule has 2 aromatic rings. The molecule has 0 aromatic carbocycles. The van der Waals surface area contributed by atoms with Crippen molar-refractivity contribution >= 4 is 11.7 Å². The maximum atomic E-state index is 13.6. The fourth-order valence-electron chi connectivity index (χ4n) is 4.54. The Hall–Kier alpha value is -2.58. The quantitative estimate of drug-likeness (QED) is 0.817. The molecular weight excluding hydrogens is 395 g/mol. The lowest BCUT2D eigenvalue weighted by Gasteiger charge is -2.41.